The molecule has 0 saturated heterocycles. The number of anilines is 1. The normalized spacial score (nSPS) is 15.2. The van der Waals surface area contributed by atoms with Crippen LogP contribution in [0.15, 0.2) is 18.3 Å². The topological polar surface area (TPSA) is 28.2 Å². The van der Waals surface area contributed by atoms with Crippen LogP contribution in [0, 0.1) is 5.92 Å². The van der Waals surface area contributed by atoms with E-state index in [-0.39, 0.29) is 0 Å². The molecule has 0 amide bonds. The first-order chi connectivity index (χ1) is 9.19. The maximum absolute atomic E-state index is 4.46. The van der Waals surface area contributed by atoms with E-state index in [1.54, 1.807) is 0 Å². The quantitative estimate of drug-likeness (QED) is 0.776. The Bertz CT molecular complexity index is 368. The van der Waals surface area contributed by atoms with Crippen molar-refractivity contribution in [3.63, 3.8) is 0 Å². The molecule has 1 saturated carbocycles. The highest BCUT2D eigenvalue weighted by Gasteiger charge is 2.28. The maximum Gasteiger partial charge on any atom is 0.125 e. The van der Waals surface area contributed by atoms with E-state index in [9.17, 15) is 0 Å². The Morgan fingerprint density at radius 2 is 2.16 bits per heavy atom. The Morgan fingerprint density at radius 3 is 2.68 bits per heavy atom. The minimum Gasteiger partial charge on any atom is -0.370 e. The average Bonchev–Trinajstić information content (AvgIpc) is 3.21. The van der Waals surface area contributed by atoms with Gasteiger partial charge in [-0.1, -0.05) is 19.9 Å². The predicted molar refractivity (Wildman–Crippen MR) is 81.3 cm³/mol. The molecule has 3 nitrogen and oxygen atoms in total. The van der Waals surface area contributed by atoms with Crippen LogP contribution >= 0.6 is 0 Å². The van der Waals surface area contributed by atoms with Gasteiger partial charge >= 0.3 is 0 Å². The number of nitrogens with one attached hydrogen (secondary N) is 1. The second-order valence-electron chi connectivity index (χ2n) is 5.97. The van der Waals surface area contributed by atoms with E-state index in [0.29, 0.717) is 0 Å². The lowest BCUT2D eigenvalue weighted by molar-refractivity contribution is 0.239. The van der Waals surface area contributed by atoms with Gasteiger partial charge in [0.15, 0.2) is 0 Å². The zero-order valence-electron chi connectivity index (χ0n) is 12.5. The zero-order valence-corrected chi connectivity index (χ0v) is 12.5. The van der Waals surface area contributed by atoms with E-state index in [2.05, 4.69) is 48.1 Å². The fourth-order valence-electron chi connectivity index (χ4n) is 2.29. The summed E-state index contributed by atoms with van der Waals surface area (Å²) >= 11 is 0. The molecular weight excluding hydrogens is 234 g/mol. The van der Waals surface area contributed by atoms with Crippen LogP contribution in [0.3, 0.4) is 0 Å². The Kier molecular flexibility index (Phi) is 5.20. The smallest absolute Gasteiger partial charge is 0.125 e. The van der Waals surface area contributed by atoms with Crippen LogP contribution in [0.5, 0.6) is 0 Å². The molecule has 1 N–H and O–H groups in total. The minimum atomic E-state index is 0.788. The molecule has 0 aromatic carbocycles. The van der Waals surface area contributed by atoms with E-state index in [4.69, 9.17) is 0 Å². The summed E-state index contributed by atoms with van der Waals surface area (Å²) in [6, 6.07) is 5.12. The first kappa shape index (κ1) is 14.3. The van der Waals surface area contributed by atoms with Crippen LogP contribution in [0.25, 0.3) is 0 Å². The molecule has 0 atom stereocenters. The van der Waals surface area contributed by atoms with Gasteiger partial charge in [-0.15, -0.1) is 0 Å². The Hall–Kier alpha value is -1.09. The van der Waals surface area contributed by atoms with Crippen molar-refractivity contribution in [3.05, 3.63) is 23.9 Å². The largest absolute Gasteiger partial charge is 0.370 e. The molecule has 1 aliphatic rings. The summed E-state index contributed by atoms with van der Waals surface area (Å²) in [5.74, 6) is 1.77. The third-order valence-electron chi connectivity index (χ3n) is 3.63. The molecule has 0 unspecified atom stereocenters. The van der Waals surface area contributed by atoms with Crippen molar-refractivity contribution in [2.24, 2.45) is 5.92 Å². The standard InChI is InChI=1S/C16H27N3/c1-4-17-16-8-5-14(11-18-16)12-19(15-6-7-15)10-9-13(2)3/h5,8,11,13,15H,4,6-7,9-10,12H2,1-3H3,(H,17,18). The highest BCUT2D eigenvalue weighted by molar-refractivity contribution is 5.35. The van der Waals surface area contributed by atoms with Crippen LogP contribution in [0.1, 0.15) is 45.6 Å². The molecule has 3 heteroatoms. The van der Waals surface area contributed by atoms with Crippen molar-refractivity contribution < 1.29 is 0 Å². The van der Waals surface area contributed by atoms with E-state index in [1.807, 2.05) is 6.20 Å². The number of pyridine rings is 1. The number of hydrogen-bond acceptors (Lipinski definition) is 3. The summed E-state index contributed by atoms with van der Waals surface area (Å²) < 4.78 is 0. The summed E-state index contributed by atoms with van der Waals surface area (Å²) in [7, 11) is 0. The molecule has 0 spiro atoms. The van der Waals surface area contributed by atoms with E-state index in [0.717, 1.165) is 30.9 Å². The van der Waals surface area contributed by atoms with Crippen LogP contribution < -0.4 is 5.32 Å². The van der Waals surface area contributed by atoms with Gasteiger partial charge in [-0.3, -0.25) is 4.90 Å². The molecule has 1 heterocycles. The highest BCUT2D eigenvalue weighted by atomic mass is 15.2. The molecule has 1 aromatic heterocycles. The van der Waals surface area contributed by atoms with Crippen LogP contribution in [-0.2, 0) is 6.54 Å². The van der Waals surface area contributed by atoms with E-state index < -0.39 is 0 Å². The van der Waals surface area contributed by atoms with Gasteiger partial charge in [0.25, 0.3) is 0 Å². The molecule has 0 bridgehead atoms. The second-order valence-corrected chi connectivity index (χ2v) is 5.97. The predicted octanol–water partition coefficient (Wildman–Crippen LogP) is 3.52. The maximum atomic E-state index is 4.46. The van der Waals surface area contributed by atoms with Crippen molar-refractivity contribution in [1.82, 2.24) is 9.88 Å². The SMILES string of the molecule is CCNc1ccc(CN(CCC(C)C)C2CC2)cn1. The van der Waals surface area contributed by atoms with Crippen molar-refractivity contribution in [1.29, 1.82) is 0 Å². The fourth-order valence-corrected chi connectivity index (χ4v) is 2.29. The number of aromatic nitrogens is 1. The van der Waals surface area contributed by atoms with Gasteiger partial charge in [0.1, 0.15) is 5.82 Å². The van der Waals surface area contributed by atoms with Crippen LogP contribution in [0.4, 0.5) is 5.82 Å². The second kappa shape index (κ2) is 6.90. The first-order valence-electron chi connectivity index (χ1n) is 7.62. The zero-order chi connectivity index (χ0) is 13.7. The lowest BCUT2D eigenvalue weighted by atomic mass is 10.1. The molecule has 1 aliphatic carbocycles. The number of hydrogen-bond donors (Lipinski definition) is 1. The molecule has 106 valence electrons. The van der Waals surface area contributed by atoms with Gasteiger partial charge < -0.3 is 5.32 Å². The van der Waals surface area contributed by atoms with Gasteiger partial charge in [0.2, 0.25) is 0 Å². The van der Waals surface area contributed by atoms with E-state index in [1.165, 1.54) is 31.4 Å². The Labute approximate surface area is 117 Å². The van der Waals surface area contributed by atoms with Gasteiger partial charge in [0, 0.05) is 25.3 Å². The Morgan fingerprint density at radius 1 is 1.37 bits per heavy atom. The summed E-state index contributed by atoms with van der Waals surface area (Å²) in [6.45, 7) is 9.90. The molecule has 0 radical (unpaired) electrons. The van der Waals surface area contributed by atoms with Gasteiger partial charge in [-0.05, 0) is 50.3 Å². The monoisotopic (exact) mass is 261 g/mol. The van der Waals surface area contributed by atoms with Crippen molar-refractivity contribution in [2.75, 3.05) is 18.4 Å². The van der Waals surface area contributed by atoms with Crippen LogP contribution in [0.2, 0.25) is 0 Å². The fraction of sp³-hybridized carbons (Fsp3) is 0.688. The van der Waals surface area contributed by atoms with E-state index >= 15 is 0 Å². The molecule has 1 fully saturated rings. The van der Waals surface area contributed by atoms with Gasteiger partial charge in [0.05, 0.1) is 0 Å². The highest BCUT2D eigenvalue weighted by Crippen LogP contribution is 2.28. The molecule has 19 heavy (non-hydrogen) atoms. The summed E-state index contributed by atoms with van der Waals surface area (Å²) in [5.41, 5.74) is 1.33. The lowest BCUT2D eigenvalue weighted by Gasteiger charge is -2.23. The molecular formula is C16H27N3. The van der Waals surface area contributed by atoms with Crippen molar-refractivity contribution in [3.8, 4) is 0 Å². The summed E-state index contributed by atoms with van der Waals surface area (Å²) in [5, 5.41) is 3.24. The Balaban J connectivity index is 1.89. The molecule has 2 rings (SSSR count). The van der Waals surface area contributed by atoms with Gasteiger partial charge in [-0.25, -0.2) is 4.98 Å². The van der Waals surface area contributed by atoms with Crippen molar-refractivity contribution in [2.45, 2.75) is 52.6 Å². The van der Waals surface area contributed by atoms with Crippen LogP contribution in [-0.4, -0.2) is 29.0 Å². The third-order valence-corrected chi connectivity index (χ3v) is 3.63. The molecule has 0 aliphatic heterocycles. The van der Waals surface area contributed by atoms with Crippen molar-refractivity contribution >= 4 is 5.82 Å². The summed E-state index contributed by atoms with van der Waals surface area (Å²) in [4.78, 5) is 7.09. The molecule has 1 aromatic rings. The minimum absolute atomic E-state index is 0.788. The lowest BCUT2D eigenvalue weighted by Crippen LogP contribution is -2.27. The number of nitrogens with zero attached hydrogens (tertiary/aromatic N) is 2. The third kappa shape index (κ3) is 4.83. The number of rotatable bonds is 8. The van der Waals surface area contributed by atoms with Gasteiger partial charge in [-0.2, -0.15) is 0 Å². The first-order valence-corrected chi connectivity index (χ1v) is 7.62. The summed E-state index contributed by atoms with van der Waals surface area (Å²) in [6.07, 6.45) is 6.06. The average molecular weight is 261 g/mol.